The Balaban J connectivity index is 1.31. The summed E-state index contributed by atoms with van der Waals surface area (Å²) in [6.07, 6.45) is 8.09. The highest BCUT2D eigenvalue weighted by Crippen LogP contribution is 2.21. The Hall–Kier alpha value is -3.06. The molecular weight excluding hydrogens is 400 g/mol. The normalized spacial score (nSPS) is 16.8. The topological polar surface area (TPSA) is 61.8 Å². The van der Waals surface area contributed by atoms with Crippen LogP contribution in [0.5, 0.6) is 0 Å². The van der Waals surface area contributed by atoms with Crippen LogP contribution in [-0.4, -0.2) is 52.7 Å². The minimum Gasteiger partial charge on any atom is -0.468 e. The van der Waals surface area contributed by atoms with Crippen molar-refractivity contribution in [2.75, 3.05) is 27.2 Å². The lowest BCUT2D eigenvalue weighted by molar-refractivity contribution is 0.287. The van der Waals surface area contributed by atoms with Crippen molar-refractivity contribution in [3.05, 3.63) is 77.5 Å². The van der Waals surface area contributed by atoms with E-state index in [1.54, 1.807) is 6.26 Å². The van der Waals surface area contributed by atoms with Crippen LogP contribution in [0.4, 0.5) is 0 Å². The number of nitrogens with one attached hydrogen (secondary N) is 1. The van der Waals surface area contributed by atoms with Gasteiger partial charge in [0, 0.05) is 46.5 Å². The zero-order valence-electron chi connectivity index (χ0n) is 19.4. The molecule has 0 spiro atoms. The molecule has 3 aromatic rings. The predicted octanol–water partition coefficient (Wildman–Crippen LogP) is 3.29. The molecule has 1 unspecified atom stereocenters. The van der Waals surface area contributed by atoms with Gasteiger partial charge in [-0.1, -0.05) is 24.3 Å². The predicted molar refractivity (Wildman–Crippen MR) is 127 cm³/mol. The summed E-state index contributed by atoms with van der Waals surface area (Å²) in [5.74, 6) is 2.61. The first-order chi connectivity index (χ1) is 15.6. The maximum absolute atomic E-state index is 5.49. The van der Waals surface area contributed by atoms with Gasteiger partial charge in [-0.2, -0.15) is 5.10 Å². The van der Waals surface area contributed by atoms with E-state index in [2.05, 4.69) is 62.7 Å². The number of nitrogens with zero attached hydrogens (tertiary/aromatic N) is 5. The molecule has 0 bridgehead atoms. The van der Waals surface area contributed by atoms with E-state index < -0.39 is 0 Å². The summed E-state index contributed by atoms with van der Waals surface area (Å²) < 4.78 is 7.37. The molecule has 1 aliphatic heterocycles. The van der Waals surface area contributed by atoms with Crippen LogP contribution < -0.4 is 5.32 Å². The van der Waals surface area contributed by atoms with Crippen molar-refractivity contribution in [1.29, 1.82) is 0 Å². The Labute approximate surface area is 190 Å². The van der Waals surface area contributed by atoms with E-state index in [1.807, 2.05) is 37.1 Å². The van der Waals surface area contributed by atoms with Crippen LogP contribution >= 0.6 is 0 Å². The summed E-state index contributed by atoms with van der Waals surface area (Å²) in [7, 11) is 5.97. The number of guanidine groups is 1. The van der Waals surface area contributed by atoms with E-state index in [4.69, 9.17) is 4.42 Å². The van der Waals surface area contributed by atoms with Crippen molar-refractivity contribution in [3.63, 3.8) is 0 Å². The van der Waals surface area contributed by atoms with Gasteiger partial charge in [0.25, 0.3) is 0 Å². The van der Waals surface area contributed by atoms with Gasteiger partial charge < -0.3 is 14.6 Å². The van der Waals surface area contributed by atoms with Crippen molar-refractivity contribution >= 4 is 5.96 Å². The summed E-state index contributed by atoms with van der Waals surface area (Å²) in [4.78, 5) is 9.22. The Morgan fingerprint density at radius 2 is 2.06 bits per heavy atom. The van der Waals surface area contributed by atoms with Crippen LogP contribution in [0.2, 0.25) is 0 Å². The monoisotopic (exact) mass is 434 g/mol. The number of furan rings is 1. The third-order valence-corrected chi connectivity index (χ3v) is 6.08. The lowest BCUT2D eigenvalue weighted by atomic mass is 10.0. The van der Waals surface area contributed by atoms with Gasteiger partial charge in [-0.05, 0) is 54.6 Å². The molecule has 1 aromatic carbocycles. The second kappa shape index (κ2) is 10.5. The van der Waals surface area contributed by atoms with Crippen molar-refractivity contribution in [2.45, 2.75) is 32.5 Å². The fraction of sp³-hybridized carbons (Fsp3) is 0.440. The van der Waals surface area contributed by atoms with Gasteiger partial charge in [0.05, 0.1) is 19.0 Å². The molecule has 0 saturated carbocycles. The number of hydrogen-bond donors (Lipinski definition) is 1. The number of likely N-dealkylation sites (tertiary alicyclic amines) is 1. The second-order valence-electron chi connectivity index (χ2n) is 8.75. The lowest BCUT2D eigenvalue weighted by Gasteiger charge is -2.23. The Morgan fingerprint density at radius 1 is 1.22 bits per heavy atom. The van der Waals surface area contributed by atoms with E-state index in [9.17, 15) is 0 Å². The van der Waals surface area contributed by atoms with Crippen LogP contribution in [0, 0.1) is 5.92 Å². The van der Waals surface area contributed by atoms with E-state index in [0.717, 1.165) is 50.9 Å². The molecule has 32 heavy (non-hydrogen) atoms. The van der Waals surface area contributed by atoms with Gasteiger partial charge in [-0.3, -0.25) is 14.6 Å². The van der Waals surface area contributed by atoms with Crippen LogP contribution in [0.1, 0.15) is 28.9 Å². The largest absolute Gasteiger partial charge is 0.468 e. The van der Waals surface area contributed by atoms with E-state index >= 15 is 0 Å². The molecule has 1 saturated heterocycles. The smallest absolute Gasteiger partial charge is 0.193 e. The highest BCUT2D eigenvalue weighted by atomic mass is 16.3. The number of aromatic nitrogens is 2. The summed E-state index contributed by atoms with van der Waals surface area (Å²) in [5.41, 5.74) is 3.93. The fourth-order valence-electron chi connectivity index (χ4n) is 4.51. The summed E-state index contributed by atoms with van der Waals surface area (Å²) in [6.45, 7) is 4.50. The Kier molecular flexibility index (Phi) is 7.27. The first kappa shape index (κ1) is 22.1. The molecular formula is C25H34N6O. The van der Waals surface area contributed by atoms with E-state index in [-0.39, 0.29) is 0 Å². The minimum absolute atomic E-state index is 0.639. The summed E-state index contributed by atoms with van der Waals surface area (Å²) in [6, 6.07) is 12.6. The molecule has 1 N–H and O–H groups in total. The van der Waals surface area contributed by atoms with Crippen LogP contribution in [-0.2, 0) is 33.1 Å². The molecule has 4 rings (SSSR count). The number of aryl methyl sites for hydroxylation is 1. The highest BCUT2D eigenvalue weighted by Gasteiger charge is 2.25. The third-order valence-electron chi connectivity index (χ3n) is 6.08. The maximum atomic E-state index is 5.49. The highest BCUT2D eigenvalue weighted by molar-refractivity contribution is 5.80. The quantitative estimate of drug-likeness (QED) is 0.435. The average molecular weight is 435 g/mol. The van der Waals surface area contributed by atoms with Gasteiger partial charge in [-0.15, -0.1) is 0 Å². The fourth-order valence-corrected chi connectivity index (χ4v) is 4.51. The van der Waals surface area contributed by atoms with Crippen molar-refractivity contribution in [1.82, 2.24) is 24.9 Å². The van der Waals surface area contributed by atoms with Crippen molar-refractivity contribution in [2.24, 2.45) is 18.0 Å². The molecule has 0 radical (unpaired) electrons. The lowest BCUT2D eigenvalue weighted by Crippen LogP contribution is -2.40. The number of benzene rings is 1. The summed E-state index contributed by atoms with van der Waals surface area (Å²) in [5, 5.41) is 7.90. The molecule has 1 fully saturated rings. The Bertz CT molecular complexity index is 1010. The SMILES string of the molecule is CN=C(NCc1ccccc1CN(C)Cc1ccco1)N1CCC(Cc2cnn(C)c2)C1. The van der Waals surface area contributed by atoms with Gasteiger partial charge in [0.15, 0.2) is 5.96 Å². The van der Waals surface area contributed by atoms with E-state index in [1.165, 1.54) is 23.1 Å². The van der Waals surface area contributed by atoms with E-state index in [0.29, 0.717) is 5.92 Å². The van der Waals surface area contributed by atoms with Crippen LogP contribution in [0.25, 0.3) is 0 Å². The number of rotatable bonds is 8. The van der Waals surface area contributed by atoms with Gasteiger partial charge >= 0.3 is 0 Å². The van der Waals surface area contributed by atoms with Gasteiger partial charge in [0.1, 0.15) is 5.76 Å². The zero-order chi connectivity index (χ0) is 22.3. The molecule has 170 valence electrons. The standard InChI is InChI=1S/C25H34N6O/c1-26-25(31-11-10-20(17-31)13-21-14-28-30(3)16-21)27-15-22-7-4-5-8-23(22)18-29(2)19-24-9-6-12-32-24/h4-9,12,14,16,20H,10-11,13,15,17-19H2,1-3H3,(H,26,27). The van der Waals surface area contributed by atoms with Crippen molar-refractivity contribution < 1.29 is 4.42 Å². The molecule has 3 heterocycles. The molecule has 1 aliphatic rings. The van der Waals surface area contributed by atoms with Gasteiger partial charge in [-0.25, -0.2) is 0 Å². The molecule has 7 heteroatoms. The van der Waals surface area contributed by atoms with Crippen LogP contribution in [0.3, 0.4) is 0 Å². The maximum Gasteiger partial charge on any atom is 0.193 e. The molecule has 7 nitrogen and oxygen atoms in total. The summed E-state index contributed by atoms with van der Waals surface area (Å²) >= 11 is 0. The molecule has 2 aromatic heterocycles. The zero-order valence-corrected chi connectivity index (χ0v) is 19.4. The number of aliphatic imine (C=N–C) groups is 1. The molecule has 1 atom stereocenters. The minimum atomic E-state index is 0.639. The number of hydrogen-bond acceptors (Lipinski definition) is 4. The van der Waals surface area contributed by atoms with Crippen molar-refractivity contribution in [3.8, 4) is 0 Å². The molecule has 0 aliphatic carbocycles. The first-order valence-electron chi connectivity index (χ1n) is 11.3. The average Bonchev–Trinajstić information content (AvgIpc) is 3.54. The molecule has 0 amide bonds. The van der Waals surface area contributed by atoms with Crippen LogP contribution in [0.15, 0.2) is 64.5 Å². The first-order valence-corrected chi connectivity index (χ1v) is 11.3. The second-order valence-corrected chi connectivity index (χ2v) is 8.75. The van der Waals surface area contributed by atoms with Gasteiger partial charge in [0.2, 0.25) is 0 Å². The Morgan fingerprint density at radius 3 is 2.78 bits per heavy atom. The third kappa shape index (κ3) is 5.79.